The first kappa shape index (κ1) is 17.3. The lowest BCUT2D eigenvalue weighted by Gasteiger charge is -2.05. The summed E-state index contributed by atoms with van der Waals surface area (Å²) in [4.78, 5) is 12.2. The number of esters is 1. The van der Waals surface area contributed by atoms with Crippen LogP contribution in [0.1, 0.15) is 42.1 Å². The third-order valence-electron chi connectivity index (χ3n) is 4.10. The standard InChI is InChI=1S/C22H19ClO2/c1-15(2)21(25-22(24)16-7-4-3-5-8-16)12-11-18-14-20(18)17-9-6-10-19(23)13-17/h3-10,13,18,20H,14H2,1-2H3. The zero-order valence-electron chi connectivity index (χ0n) is 14.3. The molecule has 0 amide bonds. The lowest BCUT2D eigenvalue weighted by molar-refractivity contribution is 0.0637. The van der Waals surface area contributed by atoms with Gasteiger partial charge in [-0.25, -0.2) is 4.79 Å². The molecule has 2 unspecified atom stereocenters. The monoisotopic (exact) mass is 350 g/mol. The summed E-state index contributed by atoms with van der Waals surface area (Å²) in [7, 11) is 0. The smallest absolute Gasteiger partial charge is 0.344 e. The van der Waals surface area contributed by atoms with Gasteiger partial charge in [0.25, 0.3) is 0 Å². The Morgan fingerprint density at radius 2 is 1.88 bits per heavy atom. The van der Waals surface area contributed by atoms with Crippen LogP contribution >= 0.6 is 11.6 Å². The maximum Gasteiger partial charge on any atom is 0.344 e. The van der Waals surface area contributed by atoms with Crippen LogP contribution in [0.4, 0.5) is 0 Å². The van der Waals surface area contributed by atoms with Gasteiger partial charge in [0.2, 0.25) is 0 Å². The van der Waals surface area contributed by atoms with Gasteiger partial charge in [-0.2, -0.15) is 0 Å². The van der Waals surface area contributed by atoms with Crippen LogP contribution in [0.25, 0.3) is 0 Å². The number of hydrogen-bond donors (Lipinski definition) is 0. The summed E-state index contributed by atoms with van der Waals surface area (Å²) in [5.41, 5.74) is 2.62. The molecule has 0 saturated heterocycles. The van der Waals surface area contributed by atoms with Crippen molar-refractivity contribution in [3.05, 3.63) is 82.1 Å². The fourth-order valence-corrected chi connectivity index (χ4v) is 2.80. The molecule has 0 aliphatic heterocycles. The highest BCUT2D eigenvalue weighted by Crippen LogP contribution is 2.47. The second-order valence-electron chi connectivity index (χ2n) is 6.36. The molecule has 2 aromatic rings. The van der Waals surface area contributed by atoms with Crippen molar-refractivity contribution in [2.75, 3.05) is 0 Å². The molecule has 1 aliphatic carbocycles. The average Bonchev–Trinajstić information content (AvgIpc) is 3.38. The van der Waals surface area contributed by atoms with Gasteiger partial charge in [0.15, 0.2) is 5.76 Å². The number of carbonyl (C=O) groups excluding carboxylic acids is 1. The van der Waals surface area contributed by atoms with Crippen molar-refractivity contribution in [3.63, 3.8) is 0 Å². The summed E-state index contributed by atoms with van der Waals surface area (Å²) >= 11 is 6.05. The van der Waals surface area contributed by atoms with Gasteiger partial charge in [0.1, 0.15) is 0 Å². The Morgan fingerprint density at radius 3 is 2.56 bits per heavy atom. The minimum atomic E-state index is -0.381. The number of allylic oxidation sites excluding steroid dienone is 2. The van der Waals surface area contributed by atoms with Crippen LogP contribution in [-0.2, 0) is 4.74 Å². The third kappa shape index (κ3) is 4.53. The van der Waals surface area contributed by atoms with Crippen LogP contribution < -0.4 is 0 Å². The molecule has 2 nitrogen and oxygen atoms in total. The highest BCUT2D eigenvalue weighted by atomic mass is 35.5. The number of ether oxygens (including phenoxy) is 1. The molecule has 3 rings (SSSR count). The Morgan fingerprint density at radius 1 is 1.12 bits per heavy atom. The molecule has 0 spiro atoms. The summed E-state index contributed by atoms with van der Waals surface area (Å²) in [6.45, 7) is 3.78. The molecule has 0 radical (unpaired) electrons. The quantitative estimate of drug-likeness (QED) is 0.409. The van der Waals surface area contributed by atoms with Crippen molar-refractivity contribution in [1.29, 1.82) is 0 Å². The van der Waals surface area contributed by atoms with Crippen LogP contribution in [0.15, 0.2) is 65.9 Å². The van der Waals surface area contributed by atoms with E-state index in [2.05, 4.69) is 17.9 Å². The van der Waals surface area contributed by atoms with Crippen molar-refractivity contribution < 1.29 is 9.53 Å². The minimum absolute atomic E-state index is 0.281. The molecule has 1 aliphatic rings. The normalized spacial score (nSPS) is 17.9. The largest absolute Gasteiger partial charge is 0.414 e. The topological polar surface area (TPSA) is 26.3 Å². The minimum Gasteiger partial charge on any atom is -0.414 e. The van der Waals surface area contributed by atoms with E-state index in [-0.39, 0.29) is 11.9 Å². The lowest BCUT2D eigenvalue weighted by Crippen LogP contribution is -2.05. The Bertz CT molecular complexity index is 868. The lowest BCUT2D eigenvalue weighted by atomic mass is 10.1. The van der Waals surface area contributed by atoms with Gasteiger partial charge in [-0.3, -0.25) is 0 Å². The fourth-order valence-electron chi connectivity index (χ4n) is 2.60. The summed E-state index contributed by atoms with van der Waals surface area (Å²) in [6.07, 6.45) is 1.01. The highest BCUT2D eigenvalue weighted by molar-refractivity contribution is 6.30. The number of benzene rings is 2. The van der Waals surface area contributed by atoms with E-state index in [1.54, 1.807) is 12.1 Å². The number of halogens is 1. The van der Waals surface area contributed by atoms with E-state index in [9.17, 15) is 4.79 Å². The van der Waals surface area contributed by atoms with Gasteiger partial charge >= 0.3 is 5.97 Å². The van der Waals surface area contributed by atoms with E-state index >= 15 is 0 Å². The number of hydrogen-bond acceptors (Lipinski definition) is 2. The fraction of sp³-hybridized carbons (Fsp3) is 0.227. The van der Waals surface area contributed by atoms with Crippen LogP contribution in [0, 0.1) is 17.8 Å². The van der Waals surface area contributed by atoms with Crippen LogP contribution in [0.2, 0.25) is 5.02 Å². The Balaban J connectivity index is 1.68. The summed E-state index contributed by atoms with van der Waals surface area (Å²) in [6, 6.07) is 16.8. The van der Waals surface area contributed by atoms with Crippen molar-refractivity contribution in [1.82, 2.24) is 0 Å². The molecular weight excluding hydrogens is 332 g/mol. The van der Waals surface area contributed by atoms with Gasteiger partial charge < -0.3 is 4.74 Å². The molecule has 1 fully saturated rings. The molecular formula is C22H19ClO2. The predicted molar refractivity (Wildman–Crippen MR) is 100 cm³/mol. The van der Waals surface area contributed by atoms with E-state index in [4.69, 9.17) is 16.3 Å². The molecule has 2 aromatic carbocycles. The Kier molecular flexibility index (Phi) is 5.26. The first-order valence-electron chi connectivity index (χ1n) is 8.26. The average molecular weight is 351 g/mol. The van der Waals surface area contributed by atoms with E-state index in [1.165, 1.54) is 5.56 Å². The SMILES string of the molecule is CC(C)=C(C#CC1CC1c1cccc(Cl)c1)OC(=O)c1ccccc1. The molecule has 25 heavy (non-hydrogen) atoms. The van der Waals surface area contributed by atoms with Crippen molar-refractivity contribution >= 4 is 17.6 Å². The number of rotatable bonds is 3. The summed E-state index contributed by atoms with van der Waals surface area (Å²) in [5.74, 6) is 7.03. The molecule has 0 bridgehead atoms. The van der Waals surface area contributed by atoms with E-state index in [0.717, 1.165) is 17.0 Å². The third-order valence-corrected chi connectivity index (χ3v) is 4.33. The molecule has 1 saturated carbocycles. The van der Waals surface area contributed by atoms with Crippen LogP contribution in [-0.4, -0.2) is 5.97 Å². The molecule has 2 atom stereocenters. The van der Waals surface area contributed by atoms with Crippen molar-refractivity contribution in [2.45, 2.75) is 26.2 Å². The Labute approximate surface area is 153 Å². The van der Waals surface area contributed by atoms with E-state index in [1.807, 2.05) is 50.2 Å². The maximum atomic E-state index is 12.2. The van der Waals surface area contributed by atoms with Crippen molar-refractivity contribution in [3.8, 4) is 11.8 Å². The molecule has 3 heteroatoms. The molecule has 0 heterocycles. The summed E-state index contributed by atoms with van der Waals surface area (Å²) < 4.78 is 5.48. The molecule has 0 N–H and O–H groups in total. The van der Waals surface area contributed by atoms with E-state index in [0.29, 0.717) is 17.2 Å². The van der Waals surface area contributed by atoms with Gasteiger partial charge in [-0.1, -0.05) is 47.9 Å². The molecule has 0 aromatic heterocycles. The van der Waals surface area contributed by atoms with Gasteiger partial charge in [0.05, 0.1) is 5.56 Å². The van der Waals surface area contributed by atoms with Gasteiger partial charge in [-0.05, 0) is 67.5 Å². The van der Waals surface area contributed by atoms with Crippen LogP contribution in [0.5, 0.6) is 0 Å². The first-order chi connectivity index (χ1) is 12.0. The first-order valence-corrected chi connectivity index (χ1v) is 8.64. The molecule has 126 valence electrons. The second kappa shape index (κ2) is 7.59. The maximum absolute atomic E-state index is 12.2. The second-order valence-corrected chi connectivity index (χ2v) is 6.79. The highest BCUT2D eigenvalue weighted by Gasteiger charge is 2.37. The summed E-state index contributed by atoms with van der Waals surface area (Å²) in [5, 5.41) is 0.748. The predicted octanol–water partition coefficient (Wildman–Crippen LogP) is 5.60. The van der Waals surface area contributed by atoms with Gasteiger partial charge in [0, 0.05) is 10.9 Å². The number of carbonyl (C=O) groups is 1. The van der Waals surface area contributed by atoms with Crippen molar-refractivity contribution in [2.24, 2.45) is 5.92 Å². The van der Waals surface area contributed by atoms with Gasteiger partial charge in [-0.15, -0.1) is 0 Å². The zero-order valence-corrected chi connectivity index (χ0v) is 15.0. The Hall–Kier alpha value is -2.50. The van der Waals surface area contributed by atoms with E-state index < -0.39 is 0 Å². The zero-order chi connectivity index (χ0) is 17.8. The van der Waals surface area contributed by atoms with Crippen LogP contribution in [0.3, 0.4) is 0 Å².